The van der Waals surface area contributed by atoms with Gasteiger partial charge in [-0.25, -0.2) is 0 Å². The summed E-state index contributed by atoms with van der Waals surface area (Å²) in [6.45, 7) is 0. The van der Waals surface area contributed by atoms with E-state index in [1.807, 2.05) is 24.5 Å². The second kappa shape index (κ2) is 13.1. The molecule has 0 amide bonds. The molecule has 4 heterocycles. The van der Waals surface area contributed by atoms with Gasteiger partial charge in [0.05, 0.1) is 39.3 Å². The number of fused-ring (bicyclic) bond motifs is 4. The number of anilines is 3. The van der Waals surface area contributed by atoms with E-state index in [1.54, 1.807) is 0 Å². The van der Waals surface area contributed by atoms with Crippen LogP contribution in [0.15, 0.2) is 225 Å². The fourth-order valence-electron chi connectivity index (χ4n) is 9.83. The Hall–Kier alpha value is -7.36. The summed E-state index contributed by atoms with van der Waals surface area (Å²) in [5.74, 6) is 0. The van der Waals surface area contributed by atoms with Crippen LogP contribution >= 0.6 is 0 Å². The molecular formula is C54H37N3. The highest BCUT2D eigenvalue weighted by molar-refractivity contribution is 5.98. The average Bonchev–Trinajstić information content (AvgIpc) is 3.30. The third-order valence-corrected chi connectivity index (χ3v) is 12.1. The third-order valence-electron chi connectivity index (χ3n) is 12.1. The zero-order chi connectivity index (χ0) is 37.8. The van der Waals surface area contributed by atoms with Crippen LogP contribution in [0.4, 0.5) is 17.1 Å². The van der Waals surface area contributed by atoms with Crippen LogP contribution in [-0.2, 0) is 10.8 Å². The first-order valence-corrected chi connectivity index (χ1v) is 19.6. The van der Waals surface area contributed by atoms with E-state index in [0.29, 0.717) is 0 Å². The number of pyridine rings is 2. The molecule has 2 aliphatic heterocycles. The SMILES string of the molecule is c1ccc(C2(c3ccccc3)c3ccc(-c4ccccn4)cc3N3c4cc(-c5ccccn5)ccc4C(c4ccccc4)(c4ccccc4)c4cccc2c43)cc1. The molecule has 0 atom stereocenters. The summed E-state index contributed by atoms with van der Waals surface area (Å²) in [5, 5.41) is 0. The number of rotatable bonds is 6. The minimum atomic E-state index is -0.655. The fourth-order valence-corrected chi connectivity index (χ4v) is 9.83. The Morgan fingerprint density at radius 3 is 1.04 bits per heavy atom. The summed E-state index contributed by atoms with van der Waals surface area (Å²) in [6.07, 6.45) is 3.76. The van der Waals surface area contributed by atoms with Gasteiger partial charge in [-0.3, -0.25) is 9.97 Å². The van der Waals surface area contributed by atoms with Gasteiger partial charge in [-0.15, -0.1) is 0 Å². The third kappa shape index (κ3) is 4.79. The predicted molar refractivity (Wildman–Crippen MR) is 231 cm³/mol. The largest absolute Gasteiger partial charge is 0.309 e. The van der Waals surface area contributed by atoms with E-state index in [4.69, 9.17) is 9.97 Å². The summed E-state index contributed by atoms with van der Waals surface area (Å²) >= 11 is 0. The van der Waals surface area contributed by atoms with Gasteiger partial charge in [0.25, 0.3) is 0 Å². The van der Waals surface area contributed by atoms with Gasteiger partial charge in [0, 0.05) is 23.5 Å². The normalized spacial score (nSPS) is 14.2. The van der Waals surface area contributed by atoms with Crippen LogP contribution in [0.5, 0.6) is 0 Å². The quantitative estimate of drug-likeness (QED) is 0.171. The average molecular weight is 728 g/mol. The molecule has 0 saturated carbocycles. The van der Waals surface area contributed by atoms with Crippen molar-refractivity contribution in [3.8, 4) is 22.5 Å². The van der Waals surface area contributed by atoms with Gasteiger partial charge in [-0.1, -0.05) is 176 Å². The molecule has 11 rings (SSSR count). The van der Waals surface area contributed by atoms with E-state index in [0.717, 1.165) is 33.9 Å². The highest BCUT2D eigenvalue weighted by Crippen LogP contribution is 2.66. The number of aromatic nitrogens is 2. The molecule has 0 fully saturated rings. The lowest BCUT2D eigenvalue weighted by molar-refractivity contribution is 0.690. The van der Waals surface area contributed by atoms with Gasteiger partial charge >= 0.3 is 0 Å². The van der Waals surface area contributed by atoms with Crippen LogP contribution < -0.4 is 4.90 Å². The smallest absolute Gasteiger partial charge is 0.0742 e. The number of hydrogen-bond acceptors (Lipinski definition) is 3. The molecule has 0 aliphatic carbocycles. The van der Waals surface area contributed by atoms with Crippen molar-refractivity contribution in [2.24, 2.45) is 0 Å². The maximum absolute atomic E-state index is 4.85. The van der Waals surface area contributed by atoms with Gasteiger partial charge in [-0.05, 0) is 80.9 Å². The van der Waals surface area contributed by atoms with E-state index in [9.17, 15) is 0 Å². The monoisotopic (exact) mass is 727 g/mol. The zero-order valence-corrected chi connectivity index (χ0v) is 31.2. The molecule has 0 bridgehead atoms. The van der Waals surface area contributed by atoms with Crippen molar-refractivity contribution in [3.05, 3.63) is 269 Å². The topological polar surface area (TPSA) is 29.0 Å². The second-order valence-electron chi connectivity index (χ2n) is 14.9. The van der Waals surface area contributed by atoms with Crippen molar-refractivity contribution < 1.29 is 0 Å². The molecule has 2 aromatic heterocycles. The molecule has 3 heteroatoms. The van der Waals surface area contributed by atoms with Crippen molar-refractivity contribution in [3.63, 3.8) is 0 Å². The Morgan fingerprint density at radius 1 is 0.316 bits per heavy atom. The summed E-state index contributed by atoms with van der Waals surface area (Å²) in [6, 6.07) is 77.6. The molecule has 0 spiro atoms. The van der Waals surface area contributed by atoms with Crippen LogP contribution in [0.3, 0.4) is 0 Å². The van der Waals surface area contributed by atoms with Crippen molar-refractivity contribution in [2.45, 2.75) is 10.8 Å². The lowest BCUT2D eigenvalue weighted by Gasteiger charge is -2.53. The lowest BCUT2D eigenvalue weighted by atomic mass is 9.57. The Balaban J connectivity index is 1.36. The Labute approximate surface area is 333 Å². The van der Waals surface area contributed by atoms with Gasteiger partial charge < -0.3 is 4.90 Å². The molecule has 9 aromatic rings. The van der Waals surface area contributed by atoms with Crippen LogP contribution in [-0.4, -0.2) is 9.97 Å². The minimum absolute atomic E-state index is 0.655. The van der Waals surface area contributed by atoms with Gasteiger partial charge in [-0.2, -0.15) is 0 Å². The molecule has 0 N–H and O–H groups in total. The summed E-state index contributed by atoms with van der Waals surface area (Å²) < 4.78 is 0. The first-order chi connectivity index (χ1) is 28.3. The van der Waals surface area contributed by atoms with Crippen molar-refractivity contribution >= 4 is 17.1 Å². The summed E-state index contributed by atoms with van der Waals surface area (Å²) in [7, 11) is 0. The Bertz CT molecular complexity index is 2600. The number of hydrogen-bond donors (Lipinski definition) is 0. The molecule has 0 radical (unpaired) electrons. The summed E-state index contributed by atoms with van der Waals surface area (Å²) in [4.78, 5) is 12.3. The van der Waals surface area contributed by atoms with Gasteiger partial charge in [0.15, 0.2) is 0 Å². The molecule has 3 nitrogen and oxygen atoms in total. The Kier molecular flexibility index (Phi) is 7.61. The van der Waals surface area contributed by atoms with Gasteiger partial charge in [0.1, 0.15) is 0 Å². The fraction of sp³-hybridized carbons (Fsp3) is 0.0370. The molecule has 0 saturated heterocycles. The Morgan fingerprint density at radius 2 is 0.684 bits per heavy atom. The van der Waals surface area contributed by atoms with Crippen LogP contribution in [0.2, 0.25) is 0 Å². The zero-order valence-electron chi connectivity index (χ0n) is 31.2. The molecule has 7 aromatic carbocycles. The molecular weight excluding hydrogens is 691 g/mol. The lowest BCUT2D eigenvalue weighted by Crippen LogP contribution is -2.44. The number of para-hydroxylation sites is 1. The molecule has 2 aliphatic rings. The summed E-state index contributed by atoms with van der Waals surface area (Å²) in [5.41, 5.74) is 15.9. The molecule has 0 unspecified atom stereocenters. The first-order valence-electron chi connectivity index (χ1n) is 19.6. The van der Waals surface area contributed by atoms with Crippen LogP contribution in [0, 0.1) is 0 Å². The first kappa shape index (κ1) is 33.0. The van der Waals surface area contributed by atoms with Gasteiger partial charge in [0.2, 0.25) is 0 Å². The van der Waals surface area contributed by atoms with E-state index in [2.05, 4.69) is 205 Å². The van der Waals surface area contributed by atoms with Crippen LogP contribution in [0.25, 0.3) is 22.5 Å². The van der Waals surface area contributed by atoms with Crippen molar-refractivity contribution in [1.29, 1.82) is 0 Å². The van der Waals surface area contributed by atoms with E-state index in [1.165, 1.54) is 50.2 Å². The number of benzene rings is 7. The predicted octanol–water partition coefficient (Wildman–Crippen LogP) is 12.7. The van der Waals surface area contributed by atoms with E-state index >= 15 is 0 Å². The highest BCUT2D eigenvalue weighted by Gasteiger charge is 2.54. The van der Waals surface area contributed by atoms with Crippen molar-refractivity contribution in [1.82, 2.24) is 9.97 Å². The van der Waals surface area contributed by atoms with Crippen molar-refractivity contribution in [2.75, 3.05) is 4.90 Å². The van der Waals surface area contributed by atoms with E-state index in [-0.39, 0.29) is 0 Å². The number of nitrogens with zero attached hydrogens (tertiary/aromatic N) is 3. The van der Waals surface area contributed by atoms with Crippen LogP contribution in [0.1, 0.15) is 44.5 Å². The standard InChI is InChI=1S/C54H37N3/c1-5-18-40(19-6-1)53(41-20-7-2-8-21-41)44-32-30-38(48-28-13-15-34-55-48)36-50(44)57-51-37-39(49-29-14-16-35-56-49)31-33-45(51)54(42-22-9-3-10-23-42,43-24-11-4-12-25-43)47-27-17-26-46(53)52(47)57/h1-37H. The maximum atomic E-state index is 4.85. The van der Waals surface area contributed by atoms with E-state index < -0.39 is 10.8 Å². The highest BCUT2D eigenvalue weighted by atomic mass is 15.2. The molecule has 268 valence electrons. The minimum Gasteiger partial charge on any atom is -0.309 e. The maximum Gasteiger partial charge on any atom is 0.0742 e. The molecule has 57 heavy (non-hydrogen) atoms. The second-order valence-corrected chi connectivity index (χ2v) is 14.9.